The minimum absolute atomic E-state index is 0.0125. The van der Waals surface area contributed by atoms with Gasteiger partial charge in [-0.05, 0) is 38.3 Å². The first-order valence-corrected chi connectivity index (χ1v) is 12.0. The molecular formula is C23H25N6O2S+. The molecule has 0 saturated carbocycles. The van der Waals surface area contributed by atoms with Crippen LogP contribution in [0.25, 0.3) is 16.4 Å². The second kappa shape index (κ2) is 7.51. The first-order chi connectivity index (χ1) is 15.6. The Balaban J connectivity index is 1.35. The molecule has 1 unspecified atom stereocenters. The van der Waals surface area contributed by atoms with Crippen molar-refractivity contribution in [2.45, 2.75) is 51.7 Å². The fraction of sp³-hybridized carbons (Fsp3) is 0.435. The van der Waals surface area contributed by atoms with Crippen molar-refractivity contribution in [3.63, 3.8) is 0 Å². The molecule has 3 aliphatic rings. The Morgan fingerprint density at radius 2 is 2.16 bits per heavy atom. The standard InChI is InChI=1S/C23H25N6O2S/c1-13(2)31-19-10-17-14(11-24-17)8-18(19)27-22-21-16-5-4-15(29(30)28-6-3-7-28)9-20(16)32-23(21)26-12-25-22/h8,10-13,15H,3-7,9H2,1-2H3,(H,25,26,27)/q+1. The van der Waals surface area contributed by atoms with E-state index in [0.717, 1.165) is 76.8 Å². The Morgan fingerprint density at radius 3 is 2.88 bits per heavy atom. The van der Waals surface area contributed by atoms with Crippen molar-refractivity contribution in [1.82, 2.24) is 15.0 Å². The molecule has 1 aliphatic carbocycles. The van der Waals surface area contributed by atoms with Crippen LogP contribution in [0.1, 0.15) is 37.1 Å². The molecule has 3 aromatic rings. The summed E-state index contributed by atoms with van der Waals surface area (Å²) in [7, 11) is 0. The molecule has 0 spiro atoms. The topological polar surface area (TPSA) is 82.7 Å². The van der Waals surface area contributed by atoms with Crippen LogP contribution in [0, 0.1) is 4.91 Å². The first kappa shape index (κ1) is 19.6. The molecule has 8 nitrogen and oxygen atoms in total. The summed E-state index contributed by atoms with van der Waals surface area (Å²) in [6.07, 6.45) is 7.11. The van der Waals surface area contributed by atoms with Crippen LogP contribution in [0.3, 0.4) is 0 Å². The number of nitrogens with one attached hydrogen (secondary N) is 1. The summed E-state index contributed by atoms with van der Waals surface area (Å²) in [6.45, 7) is 5.79. The van der Waals surface area contributed by atoms with Crippen molar-refractivity contribution in [2.75, 3.05) is 18.4 Å². The average Bonchev–Trinajstić information content (AvgIpc) is 3.09. The van der Waals surface area contributed by atoms with Gasteiger partial charge in [0.2, 0.25) is 6.04 Å². The molecule has 2 aliphatic heterocycles. The van der Waals surface area contributed by atoms with E-state index in [-0.39, 0.29) is 12.1 Å². The molecule has 0 bridgehead atoms. The van der Waals surface area contributed by atoms with Gasteiger partial charge in [0.05, 0.1) is 47.0 Å². The number of rotatable bonds is 6. The van der Waals surface area contributed by atoms with Gasteiger partial charge in [0.1, 0.15) is 27.6 Å². The van der Waals surface area contributed by atoms with Crippen molar-refractivity contribution < 1.29 is 9.61 Å². The van der Waals surface area contributed by atoms with Crippen molar-refractivity contribution in [2.24, 2.45) is 4.99 Å². The third-order valence-corrected chi connectivity index (χ3v) is 7.49. The maximum Gasteiger partial charge on any atom is 0.239 e. The van der Waals surface area contributed by atoms with Gasteiger partial charge in [-0.3, -0.25) is 4.99 Å². The number of hydrazine groups is 1. The number of hydrogen-bond acceptors (Lipinski definition) is 7. The number of benzene rings is 1. The number of hydrogen-bond donors (Lipinski definition) is 1. The normalized spacial score (nSPS) is 18.7. The fourth-order valence-electron chi connectivity index (χ4n) is 4.55. The molecule has 1 atom stereocenters. The van der Waals surface area contributed by atoms with E-state index < -0.39 is 0 Å². The molecule has 164 valence electrons. The van der Waals surface area contributed by atoms with Crippen LogP contribution in [0.2, 0.25) is 0 Å². The van der Waals surface area contributed by atoms with Crippen LogP contribution in [0.5, 0.6) is 5.75 Å². The van der Waals surface area contributed by atoms with Gasteiger partial charge in [-0.2, -0.15) is 0 Å². The largest absolute Gasteiger partial charge is 0.489 e. The Hall–Kier alpha value is -3.07. The number of nitrogens with zero attached hydrogens (tertiary/aromatic N) is 5. The average molecular weight is 450 g/mol. The number of aryl methyl sites for hydroxylation is 1. The third kappa shape index (κ3) is 3.23. The van der Waals surface area contributed by atoms with E-state index in [4.69, 9.17) is 4.74 Å². The van der Waals surface area contributed by atoms with Crippen LogP contribution in [0.15, 0.2) is 23.5 Å². The van der Waals surface area contributed by atoms with Crippen LogP contribution in [0.4, 0.5) is 11.5 Å². The minimum Gasteiger partial charge on any atom is -0.489 e. The summed E-state index contributed by atoms with van der Waals surface area (Å²) < 4.78 is 6.05. The van der Waals surface area contributed by atoms with Gasteiger partial charge in [-0.15, -0.1) is 16.3 Å². The number of fused-ring (bicyclic) bond motifs is 4. The zero-order valence-electron chi connectivity index (χ0n) is 18.2. The Labute approximate surface area is 189 Å². The van der Waals surface area contributed by atoms with Gasteiger partial charge >= 0.3 is 0 Å². The monoisotopic (exact) mass is 449 g/mol. The van der Waals surface area contributed by atoms with E-state index in [1.54, 1.807) is 17.7 Å². The quantitative estimate of drug-likeness (QED) is 0.583. The van der Waals surface area contributed by atoms with Crippen LogP contribution in [-0.4, -0.2) is 45.1 Å². The Bertz CT molecular complexity index is 1360. The Morgan fingerprint density at radius 1 is 1.28 bits per heavy atom. The van der Waals surface area contributed by atoms with E-state index in [0.29, 0.717) is 0 Å². The van der Waals surface area contributed by atoms with Crippen molar-refractivity contribution in [3.8, 4) is 5.75 Å². The van der Waals surface area contributed by atoms with E-state index in [2.05, 4.69) is 26.3 Å². The lowest BCUT2D eigenvalue weighted by atomic mass is 9.93. The first-order valence-electron chi connectivity index (χ1n) is 11.2. The molecule has 0 amide bonds. The van der Waals surface area contributed by atoms with Crippen LogP contribution in [-0.2, 0) is 12.8 Å². The molecule has 6 rings (SSSR count). The highest BCUT2D eigenvalue weighted by atomic mass is 32.1. The molecule has 0 radical (unpaired) electrons. The summed E-state index contributed by atoms with van der Waals surface area (Å²) in [5.74, 6) is 1.56. The maximum atomic E-state index is 12.7. The lowest BCUT2D eigenvalue weighted by molar-refractivity contribution is -0.746. The molecule has 32 heavy (non-hydrogen) atoms. The van der Waals surface area contributed by atoms with Crippen LogP contribution >= 0.6 is 11.3 Å². The second-order valence-corrected chi connectivity index (χ2v) is 9.95. The summed E-state index contributed by atoms with van der Waals surface area (Å²) in [5.41, 5.74) is 2.15. The predicted molar refractivity (Wildman–Crippen MR) is 124 cm³/mol. The molecule has 9 heteroatoms. The molecule has 1 aromatic carbocycles. The SMILES string of the molecule is CC(C)Oc1cc2c(cc1Nc1ncnc3sc4c(c13)CCC([N+](=O)N1CCC1)C4)=CN=2. The molecule has 1 fully saturated rings. The van der Waals surface area contributed by atoms with Gasteiger partial charge in [0.15, 0.2) is 0 Å². The van der Waals surface area contributed by atoms with E-state index in [1.807, 2.05) is 31.1 Å². The second-order valence-electron chi connectivity index (χ2n) is 8.87. The molecular weight excluding hydrogens is 424 g/mol. The highest BCUT2D eigenvalue weighted by Gasteiger charge is 2.39. The van der Waals surface area contributed by atoms with Gasteiger partial charge in [-0.1, -0.05) is 0 Å². The van der Waals surface area contributed by atoms with Crippen molar-refractivity contribution in [1.29, 1.82) is 0 Å². The number of ether oxygens (including phenoxy) is 1. The highest BCUT2D eigenvalue weighted by molar-refractivity contribution is 7.19. The van der Waals surface area contributed by atoms with E-state index >= 15 is 0 Å². The van der Waals surface area contributed by atoms with Gasteiger partial charge in [0, 0.05) is 28.8 Å². The number of thiophene rings is 1. The zero-order valence-corrected chi connectivity index (χ0v) is 19.0. The number of nitroso groups, excluding NO2 is 1. The van der Waals surface area contributed by atoms with Gasteiger partial charge < -0.3 is 10.1 Å². The van der Waals surface area contributed by atoms with E-state index in [1.165, 1.54) is 15.3 Å². The summed E-state index contributed by atoms with van der Waals surface area (Å²) >= 11 is 1.69. The van der Waals surface area contributed by atoms with Gasteiger partial charge in [-0.25, -0.2) is 9.97 Å². The minimum atomic E-state index is 0.0125. The maximum absolute atomic E-state index is 12.7. The number of anilines is 2. The Kier molecular flexibility index (Phi) is 4.60. The number of aromatic nitrogens is 2. The lowest BCUT2D eigenvalue weighted by Crippen LogP contribution is -2.49. The van der Waals surface area contributed by atoms with Crippen LogP contribution < -0.4 is 20.6 Å². The van der Waals surface area contributed by atoms with Crippen molar-refractivity contribution in [3.05, 3.63) is 44.4 Å². The lowest BCUT2D eigenvalue weighted by Gasteiger charge is -2.27. The fourth-order valence-corrected chi connectivity index (χ4v) is 5.81. The molecule has 1 N–H and O–H groups in total. The molecule has 4 heterocycles. The summed E-state index contributed by atoms with van der Waals surface area (Å²) in [6, 6.07) is 4.05. The van der Waals surface area contributed by atoms with Crippen molar-refractivity contribution >= 4 is 39.3 Å². The van der Waals surface area contributed by atoms with Gasteiger partial charge in [0.25, 0.3) is 0 Å². The molecule has 1 saturated heterocycles. The highest BCUT2D eigenvalue weighted by Crippen LogP contribution is 2.40. The van der Waals surface area contributed by atoms with E-state index in [9.17, 15) is 4.91 Å². The molecule has 2 aromatic heterocycles. The zero-order chi connectivity index (χ0) is 21.8. The predicted octanol–water partition coefficient (Wildman–Crippen LogP) is 2.85. The third-order valence-electron chi connectivity index (χ3n) is 6.33. The summed E-state index contributed by atoms with van der Waals surface area (Å²) in [4.78, 5) is 29.6. The summed E-state index contributed by atoms with van der Waals surface area (Å²) in [5, 5.41) is 8.54. The smallest absolute Gasteiger partial charge is 0.239 e.